The van der Waals surface area contributed by atoms with Gasteiger partial charge in [-0.15, -0.1) is 0 Å². The van der Waals surface area contributed by atoms with E-state index < -0.39 is 11.6 Å². The molecule has 1 aromatic rings. The van der Waals surface area contributed by atoms with Gasteiger partial charge in [0.2, 0.25) is 0 Å². The lowest BCUT2D eigenvalue weighted by molar-refractivity contribution is 0.149. The predicted octanol–water partition coefficient (Wildman–Crippen LogP) is 2.16. The SMILES string of the molecule is CNCCC1Oc2cc(F)cc(F)c2N(C)C1C. The molecule has 5 heteroatoms. The Balaban J connectivity index is 2.32. The van der Waals surface area contributed by atoms with Crippen molar-refractivity contribution in [3.8, 4) is 5.75 Å². The maximum Gasteiger partial charge on any atom is 0.153 e. The zero-order valence-corrected chi connectivity index (χ0v) is 10.8. The average Bonchev–Trinajstić information content (AvgIpc) is 2.31. The molecule has 0 aromatic heterocycles. The Bertz CT molecular complexity index is 439. The molecule has 1 heterocycles. The van der Waals surface area contributed by atoms with Gasteiger partial charge in [-0.05, 0) is 26.9 Å². The van der Waals surface area contributed by atoms with Gasteiger partial charge >= 0.3 is 0 Å². The smallest absolute Gasteiger partial charge is 0.153 e. The van der Waals surface area contributed by atoms with Crippen LogP contribution in [-0.2, 0) is 0 Å². The van der Waals surface area contributed by atoms with Gasteiger partial charge in [-0.3, -0.25) is 0 Å². The maximum absolute atomic E-state index is 13.8. The number of hydrogen-bond acceptors (Lipinski definition) is 3. The summed E-state index contributed by atoms with van der Waals surface area (Å²) < 4.78 is 32.7. The number of fused-ring (bicyclic) bond motifs is 1. The van der Waals surface area contributed by atoms with E-state index in [2.05, 4.69) is 5.32 Å². The van der Waals surface area contributed by atoms with Crippen LogP contribution >= 0.6 is 0 Å². The van der Waals surface area contributed by atoms with Crippen molar-refractivity contribution < 1.29 is 13.5 Å². The molecule has 18 heavy (non-hydrogen) atoms. The zero-order chi connectivity index (χ0) is 13.3. The van der Waals surface area contributed by atoms with Crippen molar-refractivity contribution in [2.75, 3.05) is 25.5 Å². The number of halogens is 2. The van der Waals surface area contributed by atoms with Crippen molar-refractivity contribution in [2.24, 2.45) is 0 Å². The van der Waals surface area contributed by atoms with Gasteiger partial charge in [0.05, 0.1) is 6.04 Å². The van der Waals surface area contributed by atoms with Crippen molar-refractivity contribution in [1.82, 2.24) is 5.32 Å². The van der Waals surface area contributed by atoms with Gasteiger partial charge < -0.3 is 15.0 Å². The van der Waals surface area contributed by atoms with E-state index in [4.69, 9.17) is 4.74 Å². The van der Waals surface area contributed by atoms with E-state index >= 15 is 0 Å². The van der Waals surface area contributed by atoms with Gasteiger partial charge in [0.25, 0.3) is 0 Å². The Labute approximate surface area is 106 Å². The van der Waals surface area contributed by atoms with E-state index in [1.54, 1.807) is 7.05 Å². The largest absolute Gasteiger partial charge is 0.486 e. The lowest BCUT2D eigenvalue weighted by Gasteiger charge is -2.40. The molecule has 1 aliphatic heterocycles. The minimum Gasteiger partial charge on any atom is -0.486 e. The summed E-state index contributed by atoms with van der Waals surface area (Å²) in [7, 11) is 3.67. The van der Waals surface area contributed by atoms with Crippen LogP contribution in [0, 0.1) is 11.6 Å². The number of benzene rings is 1. The van der Waals surface area contributed by atoms with Gasteiger partial charge in [0.15, 0.2) is 5.82 Å². The van der Waals surface area contributed by atoms with Gasteiger partial charge in [-0.25, -0.2) is 8.78 Å². The molecule has 0 aliphatic carbocycles. The highest BCUT2D eigenvalue weighted by molar-refractivity contribution is 5.61. The van der Waals surface area contributed by atoms with E-state index in [1.165, 1.54) is 6.07 Å². The summed E-state index contributed by atoms with van der Waals surface area (Å²) in [5.74, 6) is -0.901. The summed E-state index contributed by atoms with van der Waals surface area (Å²) in [6.07, 6.45) is 0.718. The van der Waals surface area contributed by atoms with Crippen molar-refractivity contribution in [2.45, 2.75) is 25.5 Å². The zero-order valence-electron chi connectivity index (χ0n) is 10.8. The third-order valence-electron chi connectivity index (χ3n) is 3.45. The van der Waals surface area contributed by atoms with Crippen LogP contribution in [0.3, 0.4) is 0 Å². The Morgan fingerprint density at radius 1 is 1.39 bits per heavy atom. The summed E-state index contributed by atoms with van der Waals surface area (Å²) in [6, 6.07) is 2.18. The van der Waals surface area contributed by atoms with E-state index in [1.807, 2.05) is 18.9 Å². The number of anilines is 1. The van der Waals surface area contributed by atoms with Gasteiger partial charge in [0, 0.05) is 19.2 Å². The molecule has 2 rings (SSSR count). The fourth-order valence-electron chi connectivity index (χ4n) is 2.28. The second kappa shape index (κ2) is 5.10. The molecule has 0 spiro atoms. The van der Waals surface area contributed by atoms with Gasteiger partial charge in [-0.1, -0.05) is 0 Å². The van der Waals surface area contributed by atoms with Crippen molar-refractivity contribution in [3.05, 3.63) is 23.8 Å². The Morgan fingerprint density at radius 3 is 2.78 bits per heavy atom. The van der Waals surface area contributed by atoms with Crippen LogP contribution in [0.15, 0.2) is 12.1 Å². The van der Waals surface area contributed by atoms with Gasteiger partial charge in [0.1, 0.15) is 23.4 Å². The first kappa shape index (κ1) is 13.1. The lowest BCUT2D eigenvalue weighted by Crippen LogP contribution is -2.47. The van der Waals surface area contributed by atoms with Crippen LogP contribution in [0.1, 0.15) is 13.3 Å². The van der Waals surface area contributed by atoms with E-state index in [-0.39, 0.29) is 17.9 Å². The fraction of sp³-hybridized carbons (Fsp3) is 0.538. The summed E-state index contributed by atoms with van der Waals surface area (Å²) in [5.41, 5.74) is 0.338. The van der Waals surface area contributed by atoms with Gasteiger partial charge in [-0.2, -0.15) is 0 Å². The first-order valence-electron chi connectivity index (χ1n) is 6.07. The third-order valence-corrected chi connectivity index (χ3v) is 3.45. The summed E-state index contributed by atoms with van der Waals surface area (Å²) in [6.45, 7) is 2.78. The number of nitrogens with one attached hydrogen (secondary N) is 1. The van der Waals surface area contributed by atoms with Crippen LogP contribution in [0.4, 0.5) is 14.5 Å². The number of likely N-dealkylation sites (N-methyl/N-ethyl adjacent to an activating group) is 1. The van der Waals surface area contributed by atoms with Crippen molar-refractivity contribution in [3.63, 3.8) is 0 Å². The Morgan fingerprint density at radius 2 is 2.11 bits per heavy atom. The molecule has 100 valence electrons. The molecule has 1 aromatic carbocycles. The first-order valence-corrected chi connectivity index (χ1v) is 6.07. The first-order chi connectivity index (χ1) is 8.54. The Hall–Kier alpha value is -1.36. The van der Waals surface area contributed by atoms with E-state index in [9.17, 15) is 8.78 Å². The molecule has 0 amide bonds. The second-order valence-electron chi connectivity index (χ2n) is 4.63. The molecule has 2 atom stereocenters. The molecule has 0 bridgehead atoms. The molecule has 0 saturated carbocycles. The van der Waals surface area contributed by atoms with Crippen LogP contribution in [0.25, 0.3) is 0 Å². The van der Waals surface area contributed by atoms with Crippen LogP contribution < -0.4 is 15.0 Å². The molecule has 1 aliphatic rings. The molecular weight excluding hydrogens is 238 g/mol. The molecule has 0 fully saturated rings. The highest BCUT2D eigenvalue weighted by Crippen LogP contribution is 2.38. The van der Waals surface area contributed by atoms with Crippen LogP contribution in [0.2, 0.25) is 0 Å². The van der Waals surface area contributed by atoms with E-state index in [0.29, 0.717) is 5.69 Å². The average molecular weight is 256 g/mol. The van der Waals surface area contributed by atoms with Crippen LogP contribution in [0.5, 0.6) is 5.75 Å². The van der Waals surface area contributed by atoms with Crippen LogP contribution in [-0.4, -0.2) is 32.8 Å². The van der Waals surface area contributed by atoms with Crippen molar-refractivity contribution >= 4 is 5.69 Å². The standard InChI is InChI=1S/C13H18F2N2O/c1-8-11(4-5-16-2)18-12-7-9(14)6-10(15)13(12)17(8)3/h6-8,11,16H,4-5H2,1-3H3. The summed E-state index contributed by atoms with van der Waals surface area (Å²) >= 11 is 0. The normalized spacial score (nSPS) is 22.6. The number of nitrogens with zero attached hydrogens (tertiary/aromatic N) is 1. The second-order valence-corrected chi connectivity index (χ2v) is 4.63. The predicted molar refractivity (Wildman–Crippen MR) is 67.2 cm³/mol. The molecule has 0 radical (unpaired) electrons. The van der Waals surface area contributed by atoms with Crippen molar-refractivity contribution in [1.29, 1.82) is 0 Å². The third kappa shape index (κ3) is 2.27. The molecule has 1 N–H and O–H groups in total. The molecule has 0 saturated heterocycles. The minimum atomic E-state index is -0.610. The topological polar surface area (TPSA) is 24.5 Å². The number of hydrogen-bond donors (Lipinski definition) is 1. The minimum absolute atomic E-state index is 0.0470. The lowest BCUT2D eigenvalue weighted by atomic mass is 10.0. The molecule has 2 unspecified atom stereocenters. The fourth-order valence-corrected chi connectivity index (χ4v) is 2.28. The van der Waals surface area contributed by atoms with E-state index in [0.717, 1.165) is 19.0 Å². The molecule has 3 nitrogen and oxygen atoms in total. The molecular formula is C13H18F2N2O. The summed E-state index contributed by atoms with van der Waals surface area (Å²) in [5, 5.41) is 3.05. The highest BCUT2D eigenvalue weighted by Gasteiger charge is 2.32. The highest BCUT2D eigenvalue weighted by atomic mass is 19.1. The number of rotatable bonds is 3. The monoisotopic (exact) mass is 256 g/mol. The quantitative estimate of drug-likeness (QED) is 0.897. The number of ether oxygens (including phenoxy) is 1. The maximum atomic E-state index is 13.8. The Kier molecular flexibility index (Phi) is 3.71. The summed E-state index contributed by atoms with van der Waals surface area (Å²) in [4.78, 5) is 1.81.